The number of hydrogen-bond acceptors (Lipinski definition) is 4. The molecule has 0 radical (unpaired) electrons. The van der Waals surface area contributed by atoms with Gasteiger partial charge in [0, 0.05) is 0 Å². The molecule has 1 aromatic carbocycles. The van der Waals surface area contributed by atoms with E-state index in [0.29, 0.717) is 5.69 Å². The van der Waals surface area contributed by atoms with Crippen LogP contribution in [-0.2, 0) is 6.54 Å². The van der Waals surface area contributed by atoms with Crippen molar-refractivity contribution < 1.29 is 18.3 Å². The molecule has 0 amide bonds. The largest absolute Gasteiger partial charge is 0.416 e. The summed E-state index contributed by atoms with van der Waals surface area (Å²) in [6.45, 7) is 1.01. The topological polar surface area (TPSA) is 72.9 Å². The lowest BCUT2D eigenvalue weighted by Crippen LogP contribution is -2.36. The summed E-state index contributed by atoms with van der Waals surface area (Å²) in [5, 5.41) is 13.3. The van der Waals surface area contributed by atoms with E-state index in [9.17, 15) is 18.0 Å². The minimum absolute atomic E-state index is 0.0763. The van der Waals surface area contributed by atoms with Gasteiger partial charge in [0.1, 0.15) is 11.7 Å². The lowest BCUT2D eigenvalue weighted by atomic mass is 10.2. The van der Waals surface area contributed by atoms with E-state index in [-0.39, 0.29) is 11.0 Å². The van der Waals surface area contributed by atoms with Crippen molar-refractivity contribution in [2.75, 3.05) is 0 Å². The first-order valence-electron chi connectivity index (χ1n) is 7.02. The van der Waals surface area contributed by atoms with Crippen LogP contribution < -0.4 is 5.56 Å². The zero-order valence-electron chi connectivity index (χ0n) is 12.5. The van der Waals surface area contributed by atoms with E-state index >= 15 is 0 Å². The normalized spacial score (nSPS) is 13.4. The van der Waals surface area contributed by atoms with E-state index in [0.717, 1.165) is 16.5 Å². The number of rotatable bonds is 3. The zero-order valence-corrected chi connectivity index (χ0v) is 12.5. The van der Waals surface area contributed by atoms with Gasteiger partial charge in [0.05, 0.1) is 18.4 Å². The molecule has 6 nitrogen and oxygen atoms in total. The molecule has 126 valence electrons. The van der Waals surface area contributed by atoms with Crippen LogP contribution in [0, 0.1) is 6.92 Å². The van der Waals surface area contributed by atoms with Crippen LogP contribution in [0.25, 0.3) is 16.7 Å². The maximum absolute atomic E-state index is 12.4. The maximum Gasteiger partial charge on any atom is 0.416 e. The van der Waals surface area contributed by atoms with Crippen LogP contribution in [0.2, 0.25) is 0 Å². The molecular weight excluding hydrogens is 325 g/mol. The van der Waals surface area contributed by atoms with Crippen LogP contribution >= 0.6 is 0 Å². The number of alkyl halides is 3. The molecule has 2 aromatic heterocycles. The van der Waals surface area contributed by atoms with Gasteiger partial charge < -0.3 is 5.11 Å². The Kier molecular flexibility index (Phi) is 3.88. The average Bonchev–Trinajstić information content (AvgIpc) is 2.94. The van der Waals surface area contributed by atoms with E-state index < -0.39 is 24.4 Å². The molecule has 9 heteroatoms. The molecule has 0 saturated heterocycles. The molecule has 0 aliphatic heterocycles. The van der Waals surface area contributed by atoms with Crippen molar-refractivity contribution in [2.45, 2.75) is 25.7 Å². The smallest absolute Gasteiger partial charge is 0.382 e. The Balaban J connectivity index is 2.03. The van der Waals surface area contributed by atoms with Crippen LogP contribution in [0.4, 0.5) is 13.2 Å². The second-order valence-corrected chi connectivity index (χ2v) is 5.39. The highest BCUT2D eigenvalue weighted by atomic mass is 19.4. The quantitative estimate of drug-likeness (QED) is 0.791. The van der Waals surface area contributed by atoms with E-state index in [2.05, 4.69) is 10.1 Å². The number of halogens is 3. The van der Waals surface area contributed by atoms with Crippen molar-refractivity contribution in [1.29, 1.82) is 0 Å². The Bertz CT molecular complexity index is 929. The van der Waals surface area contributed by atoms with Crippen molar-refractivity contribution in [1.82, 2.24) is 19.3 Å². The highest BCUT2D eigenvalue weighted by Crippen LogP contribution is 2.21. The predicted octanol–water partition coefficient (Wildman–Crippen LogP) is 1.81. The van der Waals surface area contributed by atoms with Gasteiger partial charge in [0.15, 0.2) is 11.8 Å². The Morgan fingerprint density at radius 3 is 2.54 bits per heavy atom. The molecule has 0 aliphatic carbocycles. The van der Waals surface area contributed by atoms with Crippen LogP contribution in [-0.4, -0.2) is 36.7 Å². The predicted molar refractivity (Wildman–Crippen MR) is 79.9 cm³/mol. The summed E-state index contributed by atoms with van der Waals surface area (Å²) in [6, 6.07) is 7.32. The van der Waals surface area contributed by atoms with Crippen molar-refractivity contribution >= 4 is 11.0 Å². The number of aliphatic hydroxyl groups excluding tert-OH is 1. The summed E-state index contributed by atoms with van der Waals surface area (Å²) in [4.78, 5) is 16.3. The third kappa shape index (κ3) is 2.90. The minimum Gasteiger partial charge on any atom is -0.382 e. The number of hydrogen-bond donors (Lipinski definition) is 1. The third-order valence-corrected chi connectivity index (χ3v) is 3.58. The fraction of sp³-hybridized carbons (Fsp3) is 0.267. The molecule has 0 aliphatic rings. The molecular formula is C15H13F3N4O2. The highest BCUT2D eigenvalue weighted by molar-refractivity contribution is 5.74. The SMILES string of the molecule is Cc1ccc(-n2ncc3c(=O)n(CC(O)C(F)(F)F)cnc32)cc1. The van der Waals surface area contributed by atoms with Gasteiger partial charge in [0.2, 0.25) is 0 Å². The van der Waals surface area contributed by atoms with Crippen LogP contribution in [0.5, 0.6) is 0 Å². The fourth-order valence-corrected chi connectivity index (χ4v) is 2.24. The lowest BCUT2D eigenvalue weighted by molar-refractivity contribution is -0.207. The van der Waals surface area contributed by atoms with E-state index in [1.807, 2.05) is 19.1 Å². The summed E-state index contributed by atoms with van der Waals surface area (Å²) in [5.41, 5.74) is 1.27. The molecule has 0 spiro atoms. The number of fused-ring (bicyclic) bond motifs is 1. The first-order valence-corrected chi connectivity index (χ1v) is 7.02. The van der Waals surface area contributed by atoms with Crippen LogP contribution in [0.1, 0.15) is 5.56 Å². The van der Waals surface area contributed by atoms with Crippen molar-refractivity contribution in [3.63, 3.8) is 0 Å². The minimum atomic E-state index is -4.81. The molecule has 3 aromatic rings. The fourth-order valence-electron chi connectivity index (χ4n) is 2.24. The number of benzene rings is 1. The van der Waals surface area contributed by atoms with Gasteiger partial charge in [-0.25, -0.2) is 9.67 Å². The first-order chi connectivity index (χ1) is 11.3. The molecule has 2 heterocycles. The average molecular weight is 338 g/mol. The Labute approximate surface area is 133 Å². The second kappa shape index (κ2) is 5.75. The van der Waals surface area contributed by atoms with Gasteiger partial charge in [-0.05, 0) is 19.1 Å². The molecule has 24 heavy (non-hydrogen) atoms. The van der Waals surface area contributed by atoms with Gasteiger partial charge in [-0.3, -0.25) is 9.36 Å². The highest BCUT2D eigenvalue weighted by Gasteiger charge is 2.38. The number of aryl methyl sites for hydroxylation is 1. The summed E-state index contributed by atoms with van der Waals surface area (Å²) < 4.78 is 39.5. The lowest BCUT2D eigenvalue weighted by Gasteiger charge is -2.15. The standard InChI is InChI=1S/C15H13F3N4O2/c1-9-2-4-10(5-3-9)22-13-11(6-20-22)14(24)21(8-19-13)7-12(23)15(16,17)18/h2-6,8,12,23H,7H2,1H3. The summed E-state index contributed by atoms with van der Waals surface area (Å²) in [6.07, 6.45) is -5.21. The van der Waals surface area contributed by atoms with E-state index in [1.54, 1.807) is 12.1 Å². The summed E-state index contributed by atoms with van der Waals surface area (Å²) >= 11 is 0. The Morgan fingerprint density at radius 2 is 1.92 bits per heavy atom. The second-order valence-electron chi connectivity index (χ2n) is 5.39. The Hall–Kier alpha value is -2.68. The summed E-state index contributed by atoms with van der Waals surface area (Å²) in [7, 11) is 0. The molecule has 1 N–H and O–H groups in total. The molecule has 3 rings (SSSR count). The van der Waals surface area contributed by atoms with Crippen molar-refractivity contribution in [2.24, 2.45) is 0 Å². The van der Waals surface area contributed by atoms with Crippen molar-refractivity contribution in [3.8, 4) is 5.69 Å². The molecule has 0 saturated carbocycles. The number of aromatic nitrogens is 4. The first kappa shape index (κ1) is 16.2. The van der Waals surface area contributed by atoms with Gasteiger partial charge >= 0.3 is 6.18 Å². The third-order valence-electron chi connectivity index (χ3n) is 3.58. The van der Waals surface area contributed by atoms with E-state index in [1.165, 1.54) is 10.9 Å². The monoisotopic (exact) mass is 338 g/mol. The Morgan fingerprint density at radius 1 is 1.25 bits per heavy atom. The van der Waals surface area contributed by atoms with Crippen molar-refractivity contribution in [3.05, 3.63) is 52.7 Å². The molecule has 0 bridgehead atoms. The van der Waals surface area contributed by atoms with Crippen LogP contribution in [0.15, 0.2) is 41.6 Å². The number of nitrogens with zero attached hydrogens (tertiary/aromatic N) is 4. The van der Waals surface area contributed by atoms with Gasteiger partial charge in [-0.2, -0.15) is 18.3 Å². The van der Waals surface area contributed by atoms with E-state index in [4.69, 9.17) is 5.11 Å². The zero-order chi connectivity index (χ0) is 17.5. The van der Waals surface area contributed by atoms with Crippen LogP contribution in [0.3, 0.4) is 0 Å². The molecule has 1 atom stereocenters. The summed E-state index contributed by atoms with van der Waals surface area (Å²) in [5.74, 6) is 0. The van der Waals surface area contributed by atoms with Gasteiger partial charge in [0.25, 0.3) is 5.56 Å². The van der Waals surface area contributed by atoms with Gasteiger partial charge in [-0.1, -0.05) is 17.7 Å². The molecule has 1 unspecified atom stereocenters. The maximum atomic E-state index is 12.4. The number of aliphatic hydroxyl groups is 1. The van der Waals surface area contributed by atoms with Gasteiger partial charge in [-0.15, -0.1) is 0 Å². The molecule has 0 fully saturated rings.